The van der Waals surface area contributed by atoms with Gasteiger partial charge in [0, 0.05) is 36.0 Å². The van der Waals surface area contributed by atoms with E-state index < -0.39 is 11.6 Å². The molecule has 36 heavy (non-hydrogen) atoms. The molecule has 0 saturated heterocycles. The van der Waals surface area contributed by atoms with Crippen molar-refractivity contribution in [2.45, 2.75) is 73.8 Å². The first-order chi connectivity index (χ1) is 17.5. The number of aryl methyl sites for hydroxylation is 2. The molecule has 2 N–H and O–H groups in total. The van der Waals surface area contributed by atoms with Gasteiger partial charge in [-0.3, -0.25) is 14.6 Å². The van der Waals surface area contributed by atoms with Crippen molar-refractivity contribution in [1.29, 1.82) is 0 Å². The van der Waals surface area contributed by atoms with E-state index in [0.717, 1.165) is 11.1 Å². The normalized spacial score (nSPS) is 11.0. The van der Waals surface area contributed by atoms with Crippen molar-refractivity contribution < 1.29 is 9.53 Å². The Kier molecular flexibility index (Phi) is 13.6. The predicted molar refractivity (Wildman–Crippen MR) is 147 cm³/mol. The van der Waals surface area contributed by atoms with E-state index in [0.29, 0.717) is 43.0 Å². The molecule has 0 saturated carbocycles. The number of hydrogen-bond donors (Lipinski definition) is 2. The molecular formula is C29H41N3O4. The molecule has 0 unspecified atom stereocenters. The number of aromatic nitrogens is 2. The van der Waals surface area contributed by atoms with E-state index in [1.54, 1.807) is 13.1 Å². The minimum absolute atomic E-state index is 0.0738. The number of hydrogen-bond acceptors (Lipinski definition) is 4. The topological polar surface area (TPSA) is 93.2 Å². The molecule has 0 radical (unpaired) electrons. The standard InChI is InChI=1S/C23H23N3O4.3C2H6/c1-15-14-26(23(29)25-21(15)27)13-7-6-12-24-22(28)20-16-8-2-4-10-18(16)30-19-11-5-3-9-17(19)20;3*1-2/h2-5,8-11,14,20H,6-7,12-13H2,1H3,(H,24,28)(H,25,27,29);3*1-2H3. The molecule has 1 aromatic heterocycles. The zero-order chi connectivity index (χ0) is 27.1. The average molecular weight is 496 g/mol. The van der Waals surface area contributed by atoms with Gasteiger partial charge in [0.1, 0.15) is 11.5 Å². The second-order valence-corrected chi connectivity index (χ2v) is 7.37. The Labute approximate surface area is 214 Å². The van der Waals surface area contributed by atoms with Gasteiger partial charge in [0.2, 0.25) is 5.91 Å². The maximum absolute atomic E-state index is 13.0. The molecule has 1 aliphatic rings. The Morgan fingerprint density at radius 1 is 0.889 bits per heavy atom. The Morgan fingerprint density at radius 2 is 1.42 bits per heavy atom. The second-order valence-electron chi connectivity index (χ2n) is 7.37. The number of amides is 1. The van der Waals surface area contributed by atoms with Crippen molar-refractivity contribution in [1.82, 2.24) is 14.9 Å². The van der Waals surface area contributed by atoms with Gasteiger partial charge in [-0.1, -0.05) is 77.9 Å². The second kappa shape index (κ2) is 16.1. The van der Waals surface area contributed by atoms with Gasteiger partial charge in [0.25, 0.3) is 5.56 Å². The largest absolute Gasteiger partial charge is 0.457 e. The molecular weight excluding hydrogens is 454 g/mol. The van der Waals surface area contributed by atoms with Crippen LogP contribution >= 0.6 is 0 Å². The summed E-state index contributed by atoms with van der Waals surface area (Å²) in [6, 6.07) is 15.2. The summed E-state index contributed by atoms with van der Waals surface area (Å²) in [4.78, 5) is 38.6. The highest BCUT2D eigenvalue weighted by molar-refractivity contribution is 5.89. The van der Waals surface area contributed by atoms with Crippen molar-refractivity contribution in [3.05, 3.63) is 92.3 Å². The molecule has 2 heterocycles. The monoisotopic (exact) mass is 495 g/mol. The number of H-pyrrole nitrogens is 1. The van der Waals surface area contributed by atoms with Crippen LogP contribution in [0.2, 0.25) is 0 Å². The first-order valence-electron chi connectivity index (χ1n) is 13.0. The third kappa shape index (κ3) is 7.70. The number of ether oxygens (including phenoxy) is 1. The highest BCUT2D eigenvalue weighted by Gasteiger charge is 2.32. The third-order valence-corrected chi connectivity index (χ3v) is 5.26. The van der Waals surface area contributed by atoms with Gasteiger partial charge in [-0.25, -0.2) is 4.79 Å². The number of rotatable bonds is 6. The maximum Gasteiger partial charge on any atom is 0.328 e. The lowest BCUT2D eigenvalue weighted by molar-refractivity contribution is -0.121. The lowest BCUT2D eigenvalue weighted by atomic mass is 9.87. The number of aromatic amines is 1. The van der Waals surface area contributed by atoms with Crippen molar-refractivity contribution in [2.24, 2.45) is 0 Å². The van der Waals surface area contributed by atoms with Crippen LogP contribution in [0.5, 0.6) is 11.5 Å². The Balaban J connectivity index is 0.00000101. The number of carbonyl (C=O) groups is 1. The van der Waals surface area contributed by atoms with Crippen molar-refractivity contribution >= 4 is 5.91 Å². The third-order valence-electron chi connectivity index (χ3n) is 5.26. The predicted octanol–water partition coefficient (Wildman–Crippen LogP) is 5.76. The summed E-state index contributed by atoms with van der Waals surface area (Å²) in [6.45, 7) is 14.6. The lowest BCUT2D eigenvalue weighted by Gasteiger charge is -2.27. The molecule has 2 aromatic carbocycles. The van der Waals surface area contributed by atoms with E-state index in [1.165, 1.54) is 4.57 Å². The minimum atomic E-state index is -0.421. The molecule has 3 aromatic rings. The summed E-state index contributed by atoms with van der Waals surface area (Å²) in [5.41, 5.74) is 1.43. The summed E-state index contributed by atoms with van der Waals surface area (Å²) < 4.78 is 7.43. The number of carbonyl (C=O) groups excluding carboxylic acids is 1. The minimum Gasteiger partial charge on any atom is -0.457 e. The summed E-state index contributed by atoms with van der Waals surface area (Å²) in [5, 5.41) is 3.02. The molecule has 4 rings (SSSR count). The molecule has 7 nitrogen and oxygen atoms in total. The van der Waals surface area contributed by atoms with Crippen LogP contribution in [0, 0.1) is 6.92 Å². The number of unbranched alkanes of at least 4 members (excludes halogenated alkanes) is 1. The summed E-state index contributed by atoms with van der Waals surface area (Å²) in [5.74, 6) is 0.902. The summed E-state index contributed by atoms with van der Waals surface area (Å²) in [7, 11) is 0. The maximum atomic E-state index is 13.0. The van der Waals surface area contributed by atoms with E-state index in [-0.39, 0.29) is 11.5 Å². The molecule has 0 spiro atoms. The summed E-state index contributed by atoms with van der Waals surface area (Å²) >= 11 is 0. The Morgan fingerprint density at radius 3 is 1.97 bits per heavy atom. The Hall–Kier alpha value is -3.61. The molecule has 0 aliphatic carbocycles. The highest BCUT2D eigenvalue weighted by Crippen LogP contribution is 2.43. The quantitative estimate of drug-likeness (QED) is 0.425. The van der Waals surface area contributed by atoms with Crippen molar-refractivity contribution in [2.75, 3.05) is 6.54 Å². The van der Waals surface area contributed by atoms with Gasteiger partial charge in [0.05, 0.1) is 5.92 Å². The van der Waals surface area contributed by atoms with Gasteiger partial charge in [-0.15, -0.1) is 0 Å². The molecule has 7 heteroatoms. The molecule has 0 fully saturated rings. The van der Waals surface area contributed by atoms with Crippen LogP contribution < -0.4 is 21.3 Å². The number of benzene rings is 2. The zero-order valence-corrected chi connectivity index (χ0v) is 22.7. The number of para-hydroxylation sites is 2. The van der Waals surface area contributed by atoms with Gasteiger partial charge in [-0.05, 0) is 31.9 Å². The first kappa shape index (κ1) is 30.4. The fraction of sp³-hybridized carbons (Fsp3) is 0.414. The molecule has 196 valence electrons. The highest BCUT2D eigenvalue weighted by atomic mass is 16.5. The zero-order valence-electron chi connectivity index (χ0n) is 22.7. The molecule has 1 aliphatic heterocycles. The Bertz CT molecular complexity index is 1150. The van der Waals surface area contributed by atoms with Crippen LogP contribution in [0.4, 0.5) is 0 Å². The van der Waals surface area contributed by atoms with E-state index in [2.05, 4.69) is 10.3 Å². The van der Waals surface area contributed by atoms with E-state index in [9.17, 15) is 14.4 Å². The van der Waals surface area contributed by atoms with Crippen LogP contribution in [-0.4, -0.2) is 22.0 Å². The molecule has 0 atom stereocenters. The van der Waals surface area contributed by atoms with E-state index in [1.807, 2.05) is 90.1 Å². The van der Waals surface area contributed by atoms with E-state index >= 15 is 0 Å². The fourth-order valence-electron chi connectivity index (χ4n) is 3.70. The summed E-state index contributed by atoms with van der Waals surface area (Å²) in [6.07, 6.45) is 2.98. The number of nitrogens with one attached hydrogen (secondary N) is 2. The van der Waals surface area contributed by atoms with Crippen LogP contribution in [0.25, 0.3) is 0 Å². The van der Waals surface area contributed by atoms with E-state index in [4.69, 9.17) is 4.74 Å². The van der Waals surface area contributed by atoms with Crippen LogP contribution in [0.15, 0.2) is 64.3 Å². The molecule has 1 amide bonds. The molecule has 0 bridgehead atoms. The van der Waals surface area contributed by atoms with Crippen molar-refractivity contribution in [3.63, 3.8) is 0 Å². The average Bonchev–Trinajstić information content (AvgIpc) is 2.93. The van der Waals surface area contributed by atoms with Crippen molar-refractivity contribution in [3.8, 4) is 11.5 Å². The number of fused-ring (bicyclic) bond motifs is 2. The fourth-order valence-corrected chi connectivity index (χ4v) is 3.70. The van der Waals surface area contributed by atoms with Gasteiger partial charge < -0.3 is 14.6 Å². The van der Waals surface area contributed by atoms with Crippen LogP contribution in [-0.2, 0) is 11.3 Å². The smallest absolute Gasteiger partial charge is 0.328 e. The SMILES string of the molecule is CC.CC.CC.Cc1cn(CCCCNC(=O)C2c3ccccc3Oc3ccccc32)c(=O)[nH]c1=O. The first-order valence-corrected chi connectivity index (χ1v) is 13.0. The van der Waals surface area contributed by atoms with Crippen LogP contribution in [0.1, 0.15) is 77.0 Å². The van der Waals surface area contributed by atoms with Crippen LogP contribution in [0.3, 0.4) is 0 Å². The van der Waals surface area contributed by atoms with Gasteiger partial charge in [-0.2, -0.15) is 0 Å². The number of nitrogens with zero attached hydrogens (tertiary/aromatic N) is 1. The lowest BCUT2D eigenvalue weighted by Crippen LogP contribution is -2.33. The van der Waals surface area contributed by atoms with Gasteiger partial charge >= 0.3 is 5.69 Å². The van der Waals surface area contributed by atoms with Gasteiger partial charge in [0.15, 0.2) is 0 Å².